The first-order chi connectivity index (χ1) is 9.08. The lowest BCUT2D eigenvalue weighted by Gasteiger charge is -2.07. The first-order valence-electron chi connectivity index (χ1n) is 7.16. The van der Waals surface area contributed by atoms with E-state index >= 15 is 0 Å². The van der Waals surface area contributed by atoms with E-state index in [2.05, 4.69) is 24.2 Å². The minimum absolute atomic E-state index is 0.277. The van der Waals surface area contributed by atoms with Gasteiger partial charge in [0.1, 0.15) is 0 Å². The number of ether oxygens (including phenoxy) is 2. The average Bonchev–Trinajstić information content (AvgIpc) is 2.74. The summed E-state index contributed by atoms with van der Waals surface area (Å²) in [6, 6.07) is 0. The highest BCUT2D eigenvalue weighted by molar-refractivity contribution is 4.92. The van der Waals surface area contributed by atoms with Gasteiger partial charge in [-0.3, -0.25) is 4.68 Å². The summed E-state index contributed by atoms with van der Waals surface area (Å²) in [5, 5.41) is 8.27. The molecule has 19 heavy (non-hydrogen) atoms. The molecule has 0 fully saturated rings. The van der Waals surface area contributed by atoms with Crippen LogP contribution in [0.15, 0.2) is 6.20 Å². The van der Waals surface area contributed by atoms with E-state index in [0.717, 1.165) is 31.7 Å². The summed E-state index contributed by atoms with van der Waals surface area (Å²) in [6.45, 7) is 11.4. The zero-order valence-electron chi connectivity index (χ0n) is 12.6. The van der Waals surface area contributed by atoms with E-state index in [1.807, 2.05) is 24.7 Å². The van der Waals surface area contributed by atoms with Crippen LogP contribution in [0.3, 0.4) is 0 Å². The van der Waals surface area contributed by atoms with E-state index in [1.54, 1.807) is 0 Å². The summed E-state index contributed by atoms with van der Waals surface area (Å²) in [7, 11) is 0. The Hall–Kier alpha value is -0.940. The third-order valence-electron chi connectivity index (χ3n) is 2.54. The largest absolute Gasteiger partial charge is 0.379 e. The monoisotopic (exact) mass is 269 g/mol. The Bertz CT molecular complexity index is 337. The van der Waals surface area contributed by atoms with Crippen LogP contribution in [0, 0.1) is 5.92 Å². The highest BCUT2D eigenvalue weighted by Gasteiger charge is 2.02. The van der Waals surface area contributed by atoms with E-state index in [1.165, 1.54) is 0 Å². The van der Waals surface area contributed by atoms with Crippen molar-refractivity contribution >= 4 is 0 Å². The maximum Gasteiger partial charge on any atom is 0.0828 e. The summed E-state index contributed by atoms with van der Waals surface area (Å²) in [6.07, 6.45) is 4.20. The third-order valence-corrected chi connectivity index (χ3v) is 2.54. The van der Waals surface area contributed by atoms with Gasteiger partial charge in [-0.05, 0) is 32.6 Å². The predicted molar refractivity (Wildman–Crippen MR) is 75.1 cm³/mol. The molecule has 1 aromatic rings. The van der Waals surface area contributed by atoms with Crippen molar-refractivity contribution < 1.29 is 9.47 Å². The summed E-state index contributed by atoms with van der Waals surface area (Å²) in [5.41, 5.74) is 1.04. The molecule has 0 aliphatic carbocycles. The molecule has 0 atom stereocenters. The van der Waals surface area contributed by atoms with Crippen LogP contribution in [0.5, 0.6) is 0 Å². The van der Waals surface area contributed by atoms with Gasteiger partial charge in [-0.15, -0.1) is 5.10 Å². The zero-order valence-corrected chi connectivity index (χ0v) is 12.6. The Labute approximate surface area is 116 Å². The second-order valence-electron chi connectivity index (χ2n) is 5.46. The first kappa shape index (κ1) is 16.1. The second kappa shape index (κ2) is 9.04. The molecular formula is C14H27N3O2. The van der Waals surface area contributed by atoms with E-state index in [4.69, 9.17) is 9.47 Å². The molecule has 0 aliphatic heterocycles. The van der Waals surface area contributed by atoms with Crippen molar-refractivity contribution in [2.75, 3.05) is 19.8 Å². The molecule has 0 saturated heterocycles. The van der Waals surface area contributed by atoms with E-state index in [9.17, 15) is 0 Å². The van der Waals surface area contributed by atoms with Crippen molar-refractivity contribution in [2.24, 2.45) is 5.92 Å². The highest BCUT2D eigenvalue weighted by atomic mass is 16.5. The van der Waals surface area contributed by atoms with Gasteiger partial charge in [0.2, 0.25) is 0 Å². The third kappa shape index (κ3) is 7.95. The molecular weight excluding hydrogens is 242 g/mol. The van der Waals surface area contributed by atoms with Gasteiger partial charge in [-0.25, -0.2) is 0 Å². The van der Waals surface area contributed by atoms with Crippen LogP contribution in [-0.4, -0.2) is 40.9 Å². The molecule has 5 nitrogen and oxygen atoms in total. The van der Waals surface area contributed by atoms with Crippen LogP contribution >= 0.6 is 0 Å². The van der Waals surface area contributed by atoms with Gasteiger partial charge in [0.05, 0.1) is 25.0 Å². The second-order valence-corrected chi connectivity index (χ2v) is 5.46. The molecule has 0 N–H and O–H groups in total. The van der Waals surface area contributed by atoms with Crippen LogP contribution in [0.1, 0.15) is 39.8 Å². The number of aryl methyl sites for hydroxylation is 1. The molecule has 0 bridgehead atoms. The summed E-state index contributed by atoms with van der Waals surface area (Å²) >= 11 is 0. The highest BCUT2D eigenvalue weighted by Crippen LogP contribution is 2.02. The molecule has 0 aliphatic rings. The Kier molecular flexibility index (Phi) is 7.67. The Morgan fingerprint density at radius 1 is 1.16 bits per heavy atom. The fourth-order valence-electron chi connectivity index (χ4n) is 1.72. The molecule has 5 heteroatoms. The van der Waals surface area contributed by atoms with Gasteiger partial charge in [0, 0.05) is 19.3 Å². The molecule has 0 saturated carbocycles. The van der Waals surface area contributed by atoms with Gasteiger partial charge in [-0.2, -0.15) is 0 Å². The van der Waals surface area contributed by atoms with Gasteiger partial charge < -0.3 is 9.47 Å². The van der Waals surface area contributed by atoms with Gasteiger partial charge in [-0.1, -0.05) is 19.1 Å². The topological polar surface area (TPSA) is 49.2 Å². The maximum absolute atomic E-state index is 5.50. The van der Waals surface area contributed by atoms with Gasteiger partial charge in [0.25, 0.3) is 0 Å². The Morgan fingerprint density at radius 2 is 1.95 bits per heavy atom. The predicted octanol–water partition coefficient (Wildman–Crippen LogP) is 2.31. The number of rotatable bonds is 10. The van der Waals surface area contributed by atoms with Crippen molar-refractivity contribution in [3.8, 4) is 0 Å². The van der Waals surface area contributed by atoms with Crippen LogP contribution in [0.2, 0.25) is 0 Å². The lowest BCUT2D eigenvalue weighted by Crippen LogP contribution is -2.10. The van der Waals surface area contributed by atoms with Crippen LogP contribution in [0.25, 0.3) is 0 Å². The molecule has 0 unspecified atom stereocenters. The van der Waals surface area contributed by atoms with E-state index in [-0.39, 0.29) is 6.10 Å². The smallest absolute Gasteiger partial charge is 0.0828 e. The normalized spacial score (nSPS) is 11.7. The molecule has 0 spiro atoms. The molecule has 110 valence electrons. The number of hydrogen-bond acceptors (Lipinski definition) is 4. The minimum atomic E-state index is 0.277. The maximum atomic E-state index is 5.50. The fourth-order valence-corrected chi connectivity index (χ4v) is 1.72. The molecule has 1 aromatic heterocycles. The van der Waals surface area contributed by atoms with Crippen molar-refractivity contribution in [1.29, 1.82) is 0 Å². The Balaban J connectivity index is 2.04. The number of hydrogen-bond donors (Lipinski definition) is 0. The lowest BCUT2D eigenvalue weighted by molar-refractivity contribution is 0.0190. The van der Waals surface area contributed by atoms with Crippen molar-refractivity contribution in [3.05, 3.63) is 11.9 Å². The van der Waals surface area contributed by atoms with Crippen molar-refractivity contribution in [1.82, 2.24) is 15.0 Å². The van der Waals surface area contributed by atoms with Crippen molar-refractivity contribution in [2.45, 2.75) is 53.2 Å². The minimum Gasteiger partial charge on any atom is -0.379 e. The summed E-state index contributed by atoms with van der Waals surface area (Å²) in [5.74, 6) is 0.596. The zero-order chi connectivity index (χ0) is 14.1. The number of nitrogens with zero attached hydrogens (tertiary/aromatic N) is 3. The molecule has 1 rings (SSSR count). The van der Waals surface area contributed by atoms with Crippen LogP contribution in [-0.2, 0) is 22.4 Å². The Morgan fingerprint density at radius 3 is 2.63 bits per heavy atom. The fraction of sp³-hybridized carbons (Fsp3) is 0.857. The summed E-state index contributed by atoms with van der Waals surface area (Å²) < 4.78 is 12.8. The first-order valence-corrected chi connectivity index (χ1v) is 7.16. The van der Waals surface area contributed by atoms with Gasteiger partial charge in [0.15, 0.2) is 0 Å². The van der Waals surface area contributed by atoms with Crippen LogP contribution in [0.4, 0.5) is 0 Å². The number of aromatic nitrogens is 3. The van der Waals surface area contributed by atoms with E-state index < -0.39 is 0 Å². The molecule has 1 heterocycles. The van der Waals surface area contributed by atoms with E-state index in [0.29, 0.717) is 19.1 Å². The summed E-state index contributed by atoms with van der Waals surface area (Å²) in [4.78, 5) is 0. The molecule has 0 aromatic carbocycles. The van der Waals surface area contributed by atoms with Crippen molar-refractivity contribution in [3.63, 3.8) is 0 Å². The average molecular weight is 269 g/mol. The lowest BCUT2D eigenvalue weighted by atomic mass is 10.2. The molecule has 0 radical (unpaired) electrons. The molecule has 0 amide bonds. The van der Waals surface area contributed by atoms with Crippen LogP contribution < -0.4 is 0 Å². The SMILES string of the molecule is CC(C)Cn1cc(CCCOCCOC(C)C)nn1. The van der Waals surface area contributed by atoms with Gasteiger partial charge >= 0.3 is 0 Å². The quantitative estimate of drug-likeness (QED) is 0.612. The standard InChI is InChI=1S/C14H27N3O2/c1-12(2)10-17-11-14(15-16-17)6-5-7-18-8-9-19-13(3)4/h11-13H,5-10H2,1-4H3.